The molecule has 1 unspecified atom stereocenters. The van der Waals surface area contributed by atoms with Crippen LogP contribution in [0.15, 0.2) is 60.7 Å². The van der Waals surface area contributed by atoms with Crippen molar-refractivity contribution in [2.45, 2.75) is 26.6 Å². The largest absolute Gasteiger partial charge is 0.492 e. The maximum atomic E-state index is 11.0. The van der Waals surface area contributed by atoms with Gasteiger partial charge in [-0.2, -0.15) is 0 Å². The SMILES string of the molecule is CC(=O)NCCOc1ccc(C#Cc2nc(OCC3COCCO3)cc(OCc3ccccc3)c2C)cc1. The fourth-order valence-electron chi connectivity index (χ4n) is 3.62. The molecular formula is C30H32N2O6. The Morgan fingerprint density at radius 1 is 1.05 bits per heavy atom. The highest BCUT2D eigenvalue weighted by Crippen LogP contribution is 2.26. The summed E-state index contributed by atoms with van der Waals surface area (Å²) in [6.07, 6.45) is -0.144. The molecule has 4 rings (SSSR count). The van der Waals surface area contributed by atoms with Crippen LogP contribution in [0.4, 0.5) is 0 Å². The summed E-state index contributed by atoms with van der Waals surface area (Å²) >= 11 is 0. The van der Waals surface area contributed by atoms with Crippen molar-refractivity contribution in [2.75, 3.05) is 39.6 Å². The van der Waals surface area contributed by atoms with Crippen molar-refractivity contribution < 1.29 is 28.5 Å². The van der Waals surface area contributed by atoms with E-state index in [1.807, 2.05) is 61.5 Å². The summed E-state index contributed by atoms with van der Waals surface area (Å²) in [6.45, 7) is 6.64. The number of amides is 1. The molecule has 1 aliphatic rings. The van der Waals surface area contributed by atoms with Gasteiger partial charge in [-0.25, -0.2) is 4.98 Å². The van der Waals surface area contributed by atoms with E-state index in [9.17, 15) is 4.79 Å². The number of nitrogens with one attached hydrogen (secondary N) is 1. The molecule has 1 atom stereocenters. The molecule has 198 valence electrons. The molecule has 1 amide bonds. The van der Waals surface area contributed by atoms with E-state index in [1.165, 1.54) is 6.92 Å². The Bertz CT molecular complexity index is 1250. The second-order valence-electron chi connectivity index (χ2n) is 8.69. The first-order valence-electron chi connectivity index (χ1n) is 12.6. The Hall–Kier alpha value is -4.06. The van der Waals surface area contributed by atoms with Gasteiger partial charge < -0.3 is 29.0 Å². The second-order valence-corrected chi connectivity index (χ2v) is 8.69. The lowest BCUT2D eigenvalue weighted by Crippen LogP contribution is -2.33. The molecule has 8 heteroatoms. The molecule has 8 nitrogen and oxygen atoms in total. The Morgan fingerprint density at radius 3 is 2.61 bits per heavy atom. The number of nitrogens with zero attached hydrogens (tertiary/aromatic N) is 1. The zero-order valence-corrected chi connectivity index (χ0v) is 21.7. The van der Waals surface area contributed by atoms with Crippen LogP contribution in [0.2, 0.25) is 0 Å². The van der Waals surface area contributed by atoms with Gasteiger partial charge in [0.05, 0.1) is 26.4 Å². The zero-order chi connectivity index (χ0) is 26.6. The predicted molar refractivity (Wildman–Crippen MR) is 142 cm³/mol. The molecule has 0 aliphatic carbocycles. The number of ether oxygens (including phenoxy) is 5. The molecular weight excluding hydrogens is 484 g/mol. The number of hydrogen-bond donors (Lipinski definition) is 1. The molecule has 2 aromatic carbocycles. The van der Waals surface area contributed by atoms with E-state index in [0.717, 1.165) is 16.7 Å². The fraction of sp³-hybridized carbons (Fsp3) is 0.333. The van der Waals surface area contributed by atoms with Crippen LogP contribution in [0.5, 0.6) is 17.4 Å². The number of benzene rings is 2. The molecule has 1 N–H and O–H groups in total. The molecule has 2 heterocycles. The van der Waals surface area contributed by atoms with Gasteiger partial charge >= 0.3 is 0 Å². The van der Waals surface area contributed by atoms with Crippen molar-refractivity contribution in [2.24, 2.45) is 0 Å². The summed E-state index contributed by atoms with van der Waals surface area (Å²) in [6, 6.07) is 19.2. The fourth-order valence-corrected chi connectivity index (χ4v) is 3.62. The van der Waals surface area contributed by atoms with E-state index < -0.39 is 0 Å². The summed E-state index contributed by atoms with van der Waals surface area (Å²) in [7, 11) is 0. The standard InChI is InChI=1S/C30H32N2O6/c1-22-28(13-10-24-8-11-26(12-9-24)35-15-14-31-23(2)33)32-30(38-21-27-20-34-16-17-36-27)18-29(22)37-19-25-6-4-3-5-7-25/h3-9,11-12,18,27H,14-17,19-21H2,1-2H3,(H,31,33). The van der Waals surface area contributed by atoms with Crippen molar-refractivity contribution in [3.05, 3.63) is 83.0 Å². The average Bonchev–Trinajstić information content (AvgIpc) is 2.95. The maximum absolute atomic E-state index is 11.0. The van der Waals surface area contributed by atoms with Crippen molar-refractivity contribution in [3.8, 4) is 29.2 Å². The lowest BCUT2D eigenvalue weighted by Gasteiger charge is -2.23. The third-order valence-corrected chi connectivity index (χ3v) is 5.66. The molecule has 0 radical (unpaired) electrons. The molecule has 1 fully saturated rings. The van der Waals surface area contributed by atoms with Crippen LogP contribution in [0.25, 0.3) is 0 Å². The van der Waals surface area contributed by atoms with Gasteiger partial charge in [0.1, 0.15) is 43.1 Å². The minimum atomic E-state index is -0.144. The Kier molecular flexibility index (Phi) is 9.96. The third-order valence-electron chi connectivity index (χ3n) is 5.66. The topological polar surface area (TPSA) is 88.1 Å². The van der Waals surface area contributed by atoms with E-state index >= 15 is 0 Å². The predicted octanol–water partition coefficient (Wildman–Crippen LogP) is 3.68. The highest BCUT2D eigenvalue weighted by molar-refractivity contribution is 5.72. The van der Waals surface area contributed by atoms with Crippen molar-refractivity contribution in [1.82, 2.24) is 10.3 Å². The van der Waals surface area contributed by atoms with Gasteiger partial charge in [-0.05, 0) is 42.7 Å². The summed E-state index contributed by atoms with van der Waals surface area (Å²) in [5, 5.41) is 2.70. The van der Waals surface area contributed by atoms with E-state index in [4.69, 9.17) is 23.7 Å². The average molecular weight is 517 g/mol. The van der Waals surface area contributed by atoms with Gasteiger partial charge in [0.25, 0.3) is 0 Å². The first kappa shape index (κ1) is 27.0. The maximum Gasteiger partial charge on any atom is 0.218 e. The highest BCUT2D eigenvalue weighted by atomic mass is 16.6. The van der Waals surface area contributed by atoms with Crippen LogP contribution in [0.1, 0.15) is 29.3 Å². The minimum Gasteiger partial charge on any atom is -0.492 e. The van der Waals surface area contributed by atoms with E-state index in [0.29, 0.717) is 69.3 Å². The normalized spacial score (nSPS) is 14.6. The van der Waals surface area contributed by atoms with Gasteiger partial charge in [-0.1, -0.05) is 36.3 Å². The van der Waals surface area contributed by atoms with Gasteiger partial charge in [0, 0.05) is 24.1 Å². The molecule has 1 saturated heterocycles. The lowest BCUT2D eigenvalue weighted by atomic mass is 10.1. The van der Waals surface area contributed by atoms with E-state index in [1.54, 1.807) is 6.07 Å². The number of pyridine rings is 1. The van der Waals surface area contributed by atoms with Crippen LogP contribution < -0.4 is 19.5 Å². The summed E-state index contributed by atoms with van der Waals surface area (Å²) in [5.74, 6) is 8.03. The van der Waals surface area contributed by atoms with Crippen LogP contribution in [-0.4, -0.2) is 56.6 Å². The molecule has 0 bridgehead atoms. The van der Waals surface area contributed by atoms with Crippen LogP contribution in [-0.2, 0) is 20.9 Å². The van der Waals surface area contributed by atoms with E-state index in [2.05, 4.69) is 22.1 Å². The van der Waals surface area contributed by atoms with Crippen molar-refractivity contribution in [1.29, 1.82) is 0 Å². The first-order chi connectivity index (χ1) is 18.6. The summed E-state index contributed by atoms with van der Waals surface area (Å²) in [4.78, 5) is 15.6. The zero-order valence-electron chi connectivity index (χ0n) is 21.7. The molecule has 38 heavy (non-hydrogen) atoms. The lowest BCUT2D eigenvalue weighted by molar-refractivity contribution is -0.119. The van der Waals surface area contributed by atoms with Crippen LogP contribution in [0, 0.1) is 18.8 Å². The number of rotatable bonds is 10. The Morgan fingerprint density at radius 2 is 1.87 bits per heavy atom. The van der Waals surface area contributed by atoms with Gasteiger partial charge in [0.15, 0.2) is 0 Å². The Balaban J connectivity index is 1.47. The van der Waals surface area contributed by atoms with Crippen LogP contribution >= 0.6 is 0 Å². The monoisotopic (exact) mass is 516 g/mol. The van der Waals surface area contributed by atoms with Crippen molar-refractivity contribution in [3.63, 3.8) is 0 Å². The molecule has 0 spiro atoms. The van der Waals surface area contributed by atoms with Gasteiger partial charge in [0.2, 0.25) is 11.8 Å². The number of hydrogen-bond acceptors (Lipinski definition) is 7. The third kappa shape index (κ3) is 8.51. The first-order valence-corrected chi connectivity index (χ1v) is 12.6. The summed E-state index contributed by atoms with van der Waals surface area (Å²) < 4.78 is 28.9. The van der Waals surface area contributed by atoms with Crippen LogP contribution in [0.3, 0.4) is 0 Å². The minimum absolute atomic E-state index is 0.0810. The molecule has 1 aromatic heterocycles. The molecule has 0 saturated carbocycles. The number of carbonyl (C=O) groups is 1. The number of aromatic nitrogens is 1. The number of carbonyl (C=O) groups excluding carboxylic acids is 1. The van der Waals surface area contributed by atoms with E-state index in [-0.39, 0.29) is 12.0 Å². The van der Waals surface area contributed by atoms with Crippen molar-refractivity contribution >= 4 is 5.91 Å². The molecule has 1 aliphatic heterocycles. The quantitative estimate of drug-likeness (QED) is 0.325. The highest BCUT2D eigenvalue weighted by Gasteiger charge is 2.17. The van der Waals surface area contributed by atoms with Gasteiger partial charge in [-0.15, -0.1) is 0 Å². The van der Waals surface area contributed by atoms with Gasteiger partial charge in [-0.3, -0.25) is 4.79 Å². The summed E-state index contributed by atoms with van der Waals surface area (Å²) in [5.41, 5.74) is 3.27. The smallest absolute Gasteiger partial charge is 0.218 e. The Labute approximate surface area is 223 Å². The molecule has 3 aromatic rings. The second kappa shape index (κ2) is 14.0.